The maximum absolute atomic E-state index is 13.4. The molecule has 2 aromatic carbocycles. The van der Waals surface area contributed by atoms with Crippen LogP contribution in [0.5, 0.6) is 0 Å². The number of aromatic nitrogens is 2. The number of carbonyl (C=O) groups excluding carboxylic acids is 1. The second-order valence-corrected chi connectivity index (χ2v) is 8.81. The number of carbonyl (C=O) groups is 1. The summed E-state index contributed by atoms with van der Waals surface area (Å²) < 4.78 is 48.3. The lowest BCUT2D eigenvalue weighted by Gasteiger charge is -2.39. The molecule has 1 N–H and O–H groups in total. The van der Waals surface area contributed by atoms with Crippen molar-refractivity contribution in [3.8, 4) is 5.69 Å². The summed E-state index contributed by atoms with van der Waals surface area (Å²) in [5.74, 6) is -0.353. The Kier molecular flexibility index (Phi) is 5.69. The lowest BCUT2D eigenvalue weighted by atomic mass is 9.82. The van der Waals surface area contributed by atoms with Crippen LogP contribution >= 0.6 is 0 Å². The zero-order chi connectivity index (χ0) is 23.9. The van der Waals surface area contributed by atoms with Crippen LogP contribution < -0.4 is 5.32 Å². The van der Waals surface area contributed by atoms with E-state index in [1.165, 1.54) is 13.1 Å². The number of piperidine rings is 1. The van der Waals surface area contributed by atoms with Crippen LogP contribution in [0.15, 0.2) is 60.9 Å². The number of nitrogens with one attached hydrogen (secondary N) is 1. The van der Waals surface area contributed by atoms with Crippen molar-refractivity contribution in [3.63, 3.8) is 0 Å². The number of ether oxygens (including phenoxy) is 1. The van der Waals surface area contributed by atoms with Crippen LogP contribution in [0, 0.1) is 0 Å². The van der Waals surface area contributed by atoms with Gasteiger partial charge in [-0.05, 0) is 48.2 Å². The first-order valence-corrected chi connectivity index (χ1v) is 11.2. The average molecular weight is 470 g/mol. The molecule has 3 heterocycles. The molecule has 1 unspecified atom stereocenters. The van der Waals surface area contributed by atoms with Crippen molar-refractivity contribution in [2.24, 2.45) is 0 Å². The van der Waals surface area contributed by atoms with Gasteiger partial charge in [0, 0.05) is 38.4 Å². The summed E-state index contributed by atoms with van der Waals surface area (Å²) in [4.78, 5) is 14.7. The summed E-state index contributed by atoms with van der Waals surface area (Å²) in [5.41, 5.74) is 1.40. The topological polar surface area (TPSA) is 59.4 Å². The maximum Gasteiger partial charge on any atom is 0.416 e. The minimum atomic E-state index is -4.46. The molecule has 1 fully saturated rings. The van der Waals surface area contributed by atoms with Gasteiger partial charge in [-0.25, -0.2) is 4.68 Å². The summed E-state index contributed by atoms with van der Waals surface area (Å²) >= 11 is 0. The van der Waals surface area contributed by atoms with E-state index in [9.17, 15) is 18.0 Å². The SMILES string of the molecule is CNC(=O)C1OC2(CCN(Cc3cnn(-c4ccccc4)c3)CC2)c2cc(C(F)(F)F)ccc21. The summed E-state index contributed by atoms with van der Waals surface area (Å²) in [6.45, 7) is 1.94. The summed E-state index contributed by atoms with van der Waals surface area (Å²) in [6, 6.07) is 13.4. The number of halogens is 3. The van der Waals surface area contributed by atoms with Crippen molar-refractivity contribution in [2.45, 2.75) is 37.3 Å². The molecule has 1 aromatic heterocycles. The molecule has 6 nitrogen and oxygen atoms in total. The van der Waals surface area contributed by atoms with Gasteiger partial charge in [0.15, 0.2) is 6.10 Å². The molecule has 0 saturated carbocycles. The molecule has 9 heteroatoms. The molecule has 2 aliphatic heterocycles. The van der Waals surface area contributed by atoms with E-state index >= 15 is 0 Å². The predicted molar refractivity (Wildman–Crippen MR) is 119 cm³/mol. The Balaban J connectivity index is 1.34. The van der Waals surface area contributed by atoms with Gasteiger partial charge in [-0.2, -0.15) is 18.3 Å². The predicted octanol–water partition coefficient (Wildman–Crippen LogP) is 4.20. The van der Waals surface area contributed by atoms with Gasteiger partial charge in [0.25, 0.3) is 5.91 Å². The molecule has 0 bridgehead atoms. The number of benzene rings is 2. The summed E-state index contributed by atoms with van der Waals surface area (Å²) in [7, 11) is 1.50. The Hall–Kier alpha value is -3.17. The van der Waals surface area contributed by atoms with Gasteiger partial charge in [-0.3, -0.25) is 9.69 Å². The highest BCUT2D eigenvalue weighted by molar-refractivity contribution is 5.83. The highest BCUT2D eigenvalue weighted by Gasteiger charge is 2.49. The number of fused-ring (bicyclic) bond motifs is 2. The first-order chi connectivity index (χ1) is 16.3. The Morgan fingerprint density at radius 2 is 1.91 bits per heavy atom. The second-order valence-electron chi connectivity index (χ2n) is 8.81. The van der Waals surface area contributed by atoms with E-state index in [-0.39, 0.29) is 5.91 Å². The molecule has 34 heavy (non-hydrogen) atoms. The van der Waals surface area contributed by atoms with Crippen molar-refractivity contribution < 1.29 is 22.7 Å². The number of para-hydroxylation sites is 1. The van der Waals surface area contributed by atoms with E-state index in [4.69, 9.17) is 4.74 Å². The number of hydrogen-bond donors (Lipinski definition) is 1. The van der Waals surface area contributed by atoms with Gasteiger partial charge in [0.05, 0.1) is 23.0 Å². The zero-order valence-corrected chi connectivity index (χ0v) is 18.7. The van der Waals surface area contributed by atoms with Crippen LogP contribution in [0.2, 0.25) is 0 Å². The molecular weight excluding hydrogens is 445 g/mol. The first kappa shape index (κ1) is 22.6. The number of rotatable bonds is 4. The second kappa shape index (κ2) is 8.56. The van der Waals surface area contributed by atoms with Crippen molar-refractivity contribution in [2.75, 3.05) is 20.1 Å². The van der Waals surface area contributed by atoms with E-state index in [1.54, 1.807) is 0 Å². The van der Waals surface area contributed by atoms with E-state index < -0.39 is 23.4 Å². The molecule has 1 amide bonds. The van der Waals surface area contributed by atoms with E-state index in [2.05, 4.69) is 15.3 Å². The number of likely N-dealkylation sites (tertiary alicyclic amines) is 1. The molecule has 1 saturated heterocycles. The largest absolute Gasteiger partial charge is 0.416 e. The van der Waals surface area contributed by atoms with Crippen LogP contribution in [0.3, 0.4) is 0 Å². The summed E-state index contributed by atoms with van der Waals surface area (Å²) in [5, 5.41) is 7.00. The molecular formula is C25H25F3N4O2. The van der Waals surface area contributed by atoms with Gasteiger partial charge in [0.2, 0.25) is 0 Å². The molecule has 0 aliphatic carbocycles. The Bertz CT molecular complexity index is 1180. The Morgan fingerprint density at radius 1 is 1.18 bits per heavy atom. The molecule has 3 aromatic rings. The maximum atomic E-state index is 13.4. The highest BCUT2D eigenvalue weighted by Crippen LogP contribution is 2.50. The van der Waals surface area contributed by atoms with Gasteiger partial charge in [0.1, 0.15) is 0 Å². The van der Waals surface area contributed by atoms with Crippen LogP contribution in [-0.4, -0.2) is 40.7 Å². The van der Waals surface area contributed by atoms with Crippen molar-refractivity contribution in [1.29, 1.82) is 0 Å². The van der Waals surface area contributed by atoms with Crippen molar-refractivity contribution >= 4 is 5.91 Å². The van der Waals surface area contributed by atoms with Crippen molar-refractivity contribution in [3.05, 3.63) is 83.2 Å². The summed E-state index contributed by atoms with van der Waals surface area (Å²) in [6.07, 6.45) is -0.545. The van der Waals surface area contributed by atoms with E-state index in [1.807, 2.05) is 47.4 Å². The first-order valence-electron chi connectivity index (χ1n) is 11.2. The lowest BCUT2D eigenvalue weighted by molar-refractivity contribution is -0.150. The number of likely N-dealkylation sites (N-methyl/N-ethyl adjacent to an activating group) is 1. The molecule has 1 spiro atoms. The molecule has 2 aliphatic rings. The van der Waals surface area contributed by atoms with Crippen LogP contribution in [0.4, 0.5) is 13.2 Å². The Labute approximate surface area is 195 Å². The average Bonchev–Trinajstić information content (AvgIpc) is 3.43. The van der Waals surface area contributed by atoms with Gasteiger partial charge >= 0.3 is 6.18 Å². The van der Waals surface area contributed by atoms with E-state index in [0.717, 1.165) is 23.4 Å². The number of amides is 1. The van der Waals surface area contributed by atoms with Crippen LogP contribution in [0.1, 0.15) is 41.2 Å². The molecule has 0 radical (unpaired) electrons. The van der Waals surface area contributed by atoms with Gasteiger partial charge in [-0.1, -0.05) is 24.3 Å². The fourth-order valence-electron chi connectivity index (χ4n) is 4.92. The number of hydrogen-bond acceptors (Lipinski definition) is 4. The number of alkyl halides is 3. The smallest absolute Gasteiger partial charge is 0.357 e. The minimum Gasteiger partial charge on any atom is -0.357 e. The fourth-order valence-corrected chi connectivity index (χ4v) is 4.92. The number of nitrogens with zero attached hydrogens (tertiary/aromatic N) is 3. The highest BCUT2D eigenvalue weighted by atomic mass is 19.4. The standard InChI is InChI=1S/C25H25F3N4O2/c1-29-23(33)22-20-8-7-18(25(26,27)28)13-21(20)24(34-22)9-11-31(12-10-24)15-17-14-30-32(16-17)19-5-3-2-4-6-19/h2-8,13-14,16,22H,9-12,15H2,1H3,(H,29,33). The van der Waals surface area contributed by atoms with Gasteiger partial charge < -0.3 is 10.1 Å². The third kappa shape index (κ3) is 4.10. The van der Waals surface area contributed by atoms with Crippen LogP contribution in [-0.2, 0) is 27.9 Å². The fraction of sp³-hybridized carbons (Fsp3) is 0.360. The third-order valence-corrected chi connectivity index (χ3v) is 6.71. The third-order valence-electron chi connectivity index (χ3n) is 6.71. The molecule has 5 rings (SSSR count). The van der Waals surface area contributed by atoms with Crippen LogP contribution in [0.25, 0.3) is 5.69 Å². The zero-order valence-electron chi connectivity index (χ0n) is 18.7. The normalized spacial score (nSPS) is 19.8. The molecule has 178 valence electrons. The van der Waals surface area contributed by atoms with E-state index in [0.29, 0.717) is 43.6 Å². The molecule has 1 atom stereocenters. The monoisotopic (exact) mass is 470 g/mol. The van der Waals surface area contributed by atoms with Crippen molar-refractivity contribution in [1.82, 2.24) is 20.0 Å². The van der Waals surface area contributed by atoms with Gasteiger partial charge in [-0.15, -0.1) is 0 Å². The Morgan fingerprint density at radius 3 is 2.59 bits per heavy atom. The quantitative estimate of drug-likeness (QED) is 0.621. The minimum absolute atomic E-state index is 0.353. The lowest BCUT2D eigenvalue weighted by Crippen LogP contribution is -2.43.